The maximum absolute atomic E-state index is 14.9. The molecule has 1 aromatic carbocycles. The predicted molar refractivity (Wildman–Crippen MR) is 130 cm³/mol. The van der Waals surface area contributed by atoms with Gasteiger partial charge < -0.3 is 10.6 Å². The zero-order valence-electron chi connectivity index (χ0n) is 19.2. The maximum Gasteiger partial charge on any atom is 0.132 e. The van der Waals surface area contributed by atoms with E-state index in [0.29, 0.717) is 29.0 Å². The molecule has 2 aliphatic rings. The Hall–Kier alpha value is -2.73. The number of aromatic nitrogens is 2. The van der Waals surface area contributed by atoms with Crippen molar-refractivity contribution in [1.82, 2.24) is 20.8 Å². The Kier molecular flexibility index (Phi) is 7.20. The number of aliphatic imine (C=N–C) groups is 1. The molecule has 32 heavy (non-hydrogen) atoms. The molecule has 6 heteroatoms. The van der Waals surface area contributed by atoms with E-state index in [0.717, 1.165) is 48.3 Å². The number of piperidine rings is 1. The van der Waals surface area contributed by atoms with Crippen LogP contribution in [-0.2, 0) is 0 Å². The molecule has 0 spiro atoms. The Bertz CT molecular complexity index is 1010. The summed E-state index contributed by atoms with van der Waals surface area (Å²) in [6.45, 7) is 9.94. The van der Waals surface area contributed by atoms with Gasteiger partial charge in [-0.05, 0) is 82.0 Å². The number of H-pyrrole nitrogens is 1. The number of benzene rings is 1. The zero-order chi connectivity index (χ0) is 22.5. The lowest BCUT2D eigenvalue weighted by Crippen LogP contribution is -2.27. The number of aryl methyl sites for hydroxylation is 1. The number of hydrogen-bond donors (Lipinski definition) is 3. The first kappa shape index (κ1) is 22.5. The number of aromatic amines is 1. The first-order valence-corrected chi connectivity index (χ1v) is 11.7. The third-order valence-electron chi connectivity index (χ3n) is 6.60. The molecule has 2 aromatic rings. The Morgan fingerprint density at radius 1 is 1.22 bits per heavy atom. The topological polar surface area (TPSA) is 65.1 Å². The highest BCUT2D eigenvalue weighted by Crippen LogP contribution is 2.37. The second-order valence-electron chi connectivity index (χ2n) is 9.07. The first-order valence-electron chi connectivity index (χ1n) is 11.7. The summed E-state index contributed by atoms with van der Waals surface area (Å²) < 4.78 is 14.9. The van der Waals surface area contributed by atoms with E-state index in [1.54, 1.807) is 12.3 Å². The Labute approximate surface area is 190 Å². The van der Waals surface area contributed by atoms with Crippen LogP contribution in [0.4, 0.5) is 4.39 Å². The maximum atomic E-state index is 14.9. The van der Waals surface area contributed by atoms with E-state index in [9.17, 15) is 4.39 Å². The van der Waals surface area contributed by atoms with Crippen molar-refractivity contribution in [2.24, 2.45) is 4.99 Å². The Balaban J connectivity index is 1.63. The van der Waals surface area contributed by atoms with E-state index in [4.69, 9.17) is 0 Å². The molecule has 0 amide bonds. The van der Waals surface area contributed by atoms with E-state index in [1.807, 2.05) is 32.1 Å². The summed E-state index contributed by atoms with van der Waals surface area (Å²) in [6.07, 6.45) is 10.7. The molecule has 0 radical (unpaired) electrons. The van der Waals surface area contributed by atoms with Crippen molar-refractivity contribution < 1.29 is 4.39 Å². The SMILES string of the molecule is C=C(/N=C\C=C(/C)c1c(-c2ccc(C)cc2F)n[nH]c1C1CCNCC1)NC1CCCC1. The molecule has 1 aliphatic heterocycles. The number of halogens is 1. The van der Waals surface area contributed by atoms with Crippen LogP contribution in [0, 0.1) is 12.7 Å². The van der Waals surface area contributed by atoms with Crippen LogP contribution in [0.25, 0.3) is 16.8 Å². The number of nitrogens with zero attached hydrogens (tertiary/aromatic N) is 2. The van der Waals surface area contributed by atoms with Crippen molar-refractivity contribution in [1.29, 1.82) is 0 Å². The molecule has 2 fully saturated rings. The van der Waals surface area contributed by atoms with Crippen LogP contribution in [0.15, 0.2) is 41.7 Å². The zero-order valence-corrected chi connectivity index (χ0v) is 19.2. The van der Waals surface area contributed by atoms with Gasteiger partial charge in [-0.25, -0.2) is 9.38 Å². The lowest BCUT2D eigenvalue weighted by molar-refractivity contribution is 0.452. The highest BCUT2D eigenvalue weighted by atomic mass is 19.1. The van der Waals surface area contributed by atoms with Gasteiger partial charge in [0.1, 0.15) is 17.3 Å². The minimum atomic E-state index is -0.245. The van der Waals surface area contributed by atoms with Gasteiger partial charge in [-0.3, -0.25) is 5.10 Å². The quantitative estimate of drug-likeness (QED) is 0.505. The van der Waals surface area contributed by atoms with Gasteiger partial charge in [0, 0.05) is 35.0 Å². The van der Waals surface area contributed by atoms with Crippen LogP contribution < -0.4 is 10.6 Å². The summed E-state index contributed by atoms with van der Waals surface area (Å²) in [6, 6.07) is 5.81. The molecule has 3 N–H and O–H groups in total. The molecule has 1 saturated heterocycles. The van der Waals surface area contributed by atoms with Crippen molar-refractivity contribution in [2.75, 3.05) is 13.1 Å². The average molecular weight is 436 g/mol. The van der Waals surface area contributed by atoms with Crippen LogP contribution in [0.5, 0.6) is 0 Å². The van der Waals surface area contributed by atoms with Gasteiger partial charge >= 0.3 is 0 Å². The summed E-state index contributed by atoms with van der Waals surface area (Å²) in [7, 11) is 0. The molecule has 0 unspecified atom stereocenters. The standard InChI is InChI=1S/C26H34FN5/c1-17-8-9-22(23(27)16-17)26-24(25(31-32-26)20-11-13-28-14-12-20)18(2)10-15-29-19(3)30-21-6-4-5-7-21/h8-10,15-16,20-21,28,30H,3-7,11-14H2,1-2H3,(H,31,32)/b18-10+,29-15-. The lowest BCUT2D eigenvalue weighted by Gasteiger charge is -2.23. The molecular weight excluding hydrogens is 401 g/mol. The molecule has 1 aliphatic carbocycles. The summed E-state index contributed by atoms with van der Waals surface area (Å²) in [4.78, 5) is 4.49. The smallest absolute Gasteiger partial charge is 0.132 e. The van der Waals surface area contributed by atoms with Gasteiger partial charge in [0.15, 0.2) is 0 Å². The second kappa shape index (κ2) is 10.3. The van der Waals surface area contributed by atoms with E-state index < -0.39 is 0 Å². The summed E-state index contributed by atoms with van der Waals surface area (Å²) >= 11 is 0. The molecular formula is C26H34FN5. The van der Waals surface area contributed by atoms with Gasteiger partial charge in [0.25, 0.3) is 0 Å². The van der Waals surface area contributed by atoms with Crippen LogP contribution in [0.3, 0.4) is 0 Å². The van der Waals surface area contributed by atoms with Gasteiger partial charge in [0.05, 0.1) is 0 Å². The number of hydrogen-bond acceptors (Lipinski definition) is 4. The molecule has 1 saturated carbocycles. The van der Waals surface area contributed by atoms with E-state index in [2.05, 4.69) is 32.4 Å². The normalized spacial score (nSPS) is 18.5. The van der Waals surface area contributed by atoms with E-state index >= 15 is 0 Å². The van der Waals surface area contributed by atoms with Gasteiger partial charge in [0.2, 0.25) is 0 Å². The fourth-order valence-electron chi connectivity index (χ4n) is 4.83. The van der Waals surface area contributed by atoms with Crippen molar-refractivity contribution in [3.63, 3.8) is 0 Å². The van der Waals surface area contributed by atoms with E-state index in [-0.39, 0.29) is 5.82 Å². The minimum absolute atomic E-state index is 0.245. The van der Waals surface area contributed by atoms with E-state index in [1.165, 1.54) is 25.7 Å². The molecule has 1 aromatic heterocycles. The van der Waals surface area contributed by atoms with Crippen molar-refractivity contribution in [2.45, 2.75) is 64.3 Å². The summed E-state index contributed by atoms with van der Waals surface area (Å²) in [5.74, 6) is 0.821. The molecule has 2 heterocycles. The summed E-state index contributed by atoms with van der Waals surface area (Å²) in [5, 5.41) is 14.7. The molecule has 0 bridgehead atoms. The first-order chi connectivity index (χ1) is 15.5. The van der Waals surface area contributed by atoms with Crippen LogP contribution in [-0.4, -0.2) is 35.5 Å². The fraction of sp³-hybridized carbons (Fsp3) is 0.462. The molecule has 0 atom stereocenters. The lowest BCUT2D eigenvalue weighted by atomic mass is 9.88. The average Bonchev–Trinajstić information content (AvgIpc) is 3.44. The van der Waals surface area contributed by atoms with Gasteiger partial charge in [-0.1, -0.05) is 25.5 Å². The van der Waals surface area contributed by atoms with Crippen molar-refractivity contribution in [3.8, 4) is 11.3 Å². The minimum Gasteiger partial charge on any atom is -0.368 e. The third kappa shape index (κ3) is 5.18. The van der Waals surface area contributed by atoms with Crippen LogP contribution in [0.2, 0.25) is 0 Å². The monoisotopic (exact) mass is 435 g/mol. The Morgan fingerprint density at radius 3 is 2.69 bits per heavy atom. The predicted octanol–water partition coefficient (Wildman–Crippen LogP) is 5.47. The highest BCUT2D eigenvalue weighted by Gasteiger charge is 2.25. The summed E-state index contributed by atoms with van der Waals surface area (Å²) in [5.41, 5.74) is 5.18. The van der Waals surface area contributed by atoms with Crippen LogP contribution in [0.1, 0.15) is 68.2 Å². The van der Waals surface area contributed by atoms with Crippen molar-refractivity contribution in [3.05, 3.63) is 59.3 Å². The fourth-order valence-corrected chi connectivity index (χ4v) is 4.83. The van der Waals surface area contributed by atoms with Crippen molar-refractivity contribution >= 4 is 11.8 Å². The molecule has 170 valence electrons. The number of allylic oxidation sites excluding steroid dienone is 2. The number of rotatable bonds is 7. The number of nitrogens with one attached hydrogen (secondary N) is 3. The van der Waals surface area contributed by atoms with Crippen LogP contribution >= 0.6 is 0 Å². The largest absolute Gasteiger partial charge is 0.368 e. The molecule has 5 nitrogen and oxygen atoms in total. The molecule has 4 rings (SSSR count). The van der Waals surface area contributed by atoms with Gasteiger partial charge in [-0.15, -0.1) is 0 Å². The Morgan fingerprint density at radius 2 is 1.97 bits per heavy atom. The third-order valence-corrected chi connectivity index (χ3v) is 6.60. The highest BCUT2D eigenvalue weighted by molar-refractivity contribution is 5.89. The van der Waals surface area contributed by atoms with Gasteiger partial charge in [-0.2, -0.15) is 5.10 Å². The second-order valence-corrected chi connectivity index (χ2v) is 9.07.